The molecule has 3 aromatic rings. The van der Waals surface area contributed by atoms with E-state index in [4.69, 9.17) is 0 Å². The van der Waals surface area contributed by atoms with Crippen LogP contribution in [0.5, 0.6) is 0 Å². The minimum Gasteiger partial charge on any atom is -0.324 e. The first-order valence-corrected chi connectivity index (χ1v) is 8.35. The lowest BCUT2D eigenvalue weighted by molar-refractivity contribution is 0.0795. The van der Waals surface area contributed by atoms with Gasteiger partial charge in [-0.15, -0.1) is 6.58 Å². The third kappa shape index (κ3) is 4.31. The highest BCUT2D eigenvalue weighted by Gasteiger charge is 2.18. The zero-order valence-corrected chi connectivity index (χ0v) is 14.5. The molecule has 1 amide bonds. The van der Waals surface area contributed by atoms with Gasteiger partial charge in [0.2, 0.25) is 5.56 Å². The molecule has 27 heavy (non-hydrogen) atoms. The average Bonchev–Trinajstić information content (AvgIpc) is 2.67. The van der Waals surface area contributed by atoms with Crippen LogP contribution in [-0.4, -0.2) is 28.9 Å². The Morgan fingerprint density at radius 1 is 1.19 bits per heavy atom. The summed E-state index contributed by atoms with van der Waals surface area (Å²) in [4.78, 5) is 29.0. The van der Waals surface area contributed by atoms with Gasteiger partial charge >= 0.3 is 0 Å². The lowest BCUT2D eigenvalue weighted by Crippen LogP contribution is -2.32. The summed E-state index contributed by atoms with van der Waals surface area (Å²) >= 11 is 0. The second-order valence-electron chi connectivity index (χ2n) is 5.88. The van der Waals surface area contributed by atoms with Crippen LogP contribution in [0.15, 0.2) is 72.0 Å². The van der Waals surface area contributed by atoms with E-state index in [0.717, 1.165) is 5.56 Å². The number of nitrogens with one attached hydrogen (secondary N) is 1. The first-order valence-electron chi connectivity index (χ1n) is 8.35. The molecule has 3 rings (SSSR count). The number of fused-ring (bicyclic) bond motifs is 1. The van der Waals surface area contributed by atoms with Gasteiger partial charge in [-0.05, 0) is 30.3 Å². The zero-order valence-electron chi connectivity index (χ0n) is 14.5. The minimum absolute atomic E-state index is 0.136. The van der Waals surface area contributed by atoms with E-state index in [2.05, 4.69) is 23.4 Å². The van der Waals surface area contributed by atoms with Gasteiger partial charge in [0.25, 0.3) is 5.91 Å². The van der Waals surface area contributed by atoms with E-state index in [1.54, 1.807) is 6.08 Å². The largest absolute Gasteiger partial charge is 0.324 e. The summed E-state index contributed by atoms with van der Waals surface area (Å²) < 4.78 is 13.7. The molecule has 5 heteroatoms. The number of carbonyl (C=O) groups excluding carboxylic acids is 1. The zero-order chi connectivity index (χ0) is 19.2. The Morgan fingerprint density at radius 3 is 2.70 bits per heavy atom. The van der Waals surface area contributed by atoms with Crippen molar-refractivity contribution in [2.24, 2.45) is 0 Å². The van der Waals surface area contributed by atoms with Crippen LogP contribution in [0.3, 0.4) is 0 Å². The fourth-order valence-electron chi connectivity index (χ4n) is 2.71. The molecule has 134 valence electrons. The van der Waals surface area contributed by atoms with Crippen LogP contribution in [0.1, 0.15) is 15.9 Å². The lowest BCUT2D eigenvalue weighted by Gasteiger charge is -2.19. The Morgan fingerprint density at radius 2 is 1.96 bits per heavy atom. The summed E-state index contributed by atoms with van der Waals surface area (Å²) in [5, 5.41) is 0.352. The summed E-state index contributed by atoms with van der Waals surface area (Å²) in [6.07, 6.45) is 1.58. The third-order valence-corrected chi connectivity index (χ3v) is 3.95. The molecule has 0 saturated heterocycles. The van der Waals surface area contributed by atoms with Crippen LogP contribution >= 0.6 is 0 Å². The smallest absolute Gasteiger partial charge is 0.255 e. The Balaban J connectivity index is 1.95. The monoisotopic (exact) mass is 360 g/mol. The van der Waals surface area contributed by atoms with Gasteiger partial charge in [-0.25, -0.2) is 4.39 Å². The molecule has 0 unspecified atom stereocenters. The van der Waals surface area contributed by atoms with Crippen LogP contribution in [-0.2, 0) is 0 Å². The average molecular weight is 360 g/mol. The highest BCUT2D eigenvalue weighted by molar-refractivity contribution is 6.06. The summed E-state index contributed by atoms with van der Waals surface area (Å²) in [5.41, 5.74) is 0.955. The Hall–Kier alpha value is -3.65. The predicted octanol–water partition coefficient (Wildman–Crippen LogP) is 3.35. The van der Waals surface area contributed by atoms with Gasteiger partial charge in [-0.2, -0.15) is 0 Å². The van der Waals surface area contributed by atoms with E-state index in [0.29, 0.717) is 10.9 Å². The fourth-order valence-corrected chi connectivity index (χ4v) is 2.71. The fraction of sp³-hybridized carbons (Fsp3) is 0.0909. The van der Waals surface area contributed by atoms with Gasteiger partial charge < -0.3 is 9.88 Å². The standard InChI is InChI=1S/C22H17FN2O2/c1-2-12-25(13-6-9-16-7-4-3-5-8-16)22(27)19-15-21(26)24-20-11-10-17(23)14-18(19)20/h2-5,7-8,10-11,14-15H,1,12-13H2,(H,24,26). The molecule has 4 nitrogen and oxygen atoms in total. The second kappa shape index (κ2) is 8.15. The number of rotatable bonds is 4. The van der Waals surface area contributed by atoms with Crippen molar-refractivity contribution in [2.75, 3.05) is 13.1 Å². The van der Waals surface area contributed by atoms with Gasteiger partial charge in [0.05, 0.1) is 12.1 Å². The molecule has 0 spiro atoms. The number of halogens is 1. The maximum absolute atomic E-state index is 13.7. The molecule has 0 aliphatic rings. The number of benzene rings is 2. The summed E-state index contributed by atoms with van der Waals surface area (Å²) in [5.74, 6) is 5.06. The van der Waals surface area contributed by atoms with Gasteiger partial charge in [-0.1, -0.05) is 36.1 Å². The van der Waals surface area contributed by atoms with Gasteiger partial charge in [-0.3, -0.25) is 9.59 Å². The van der Waals surface area contributed by atoms with Crippen molar-refractivity contribution in [1.82, 2.24) is 9.88 Å². The van der Waals surface area contributed by atoms with Crippen molar-refractivity contribution in [3.05, 3.63) is 94.6 Å². The van der Waals surface area contributed by atoms with E-state index in [1.165, 1.54) is 29.2 Å². The van der Waals surface area contributed by atoms with Crippen LogP contribution in [0.25, 0.3) is 10.9 Å². The third-order valence-electron chi connectivity index (χ3n) is 3.95. The molecule has 1 N–H and O–H groups in total. The number of carbonyl (C=O) groups is 1. The first kappa shape index (κ1) is 18.2. The summed E-state index contributed by atoms with van der Waals surface area (Å²) in [6, 6.07) is 14.5. The van der Waals surface area contributed by atoms with Crippen molar-refractivity contribution in [3.63, 3.8) is 0 Å². The summed E-state index contributed by atoms with van der Waals surface area (Å²) in [6.45, 7) is 4.08. The molecule has 0 radical (unpaired) electrons. The first-order chi connectivity index (χ1) is 13.1. The van der Waals surface area contributed by atoms with Gasteiger partial charge in [0.15, 0.2) is 0 Å². The molecule has 0 atom stereocenters. The molecule has 1 heterocycles. The van der Waals surface area contributed by atoms with Crippen LogP contribution in [0, 0.1) is 17.7 Å². The Kier molecular flexibility index (Phi) is 5.48. The molecule has 0 saturated carbocycles. The van der Waals surface area contributed by atoms with E-state index in [9.17, 15) is 14.0 Å². The SMILES string of the molecule is C=CCN(CC#Cc1ccccc1)C(=O)c1cc(=O)[nH]c2ccc(F)cc12. The lowest BCUT2D eigenvalue weighted by atomic mass is 10.1. The van der Waals surface area contributed by atoms with Crippen molar-refractivity contribution in [2.45, 2.75) is 0 Å². The van der Waals surface area contributed by atoms with Crippen molar-refractivity contribution in [1.29, 1.82) is 0 Å². The molecule has 1 aromatic heterocycles. The predicted molar refractivity (Wildman–Crippen MR) is 104 cm³/mol. The number of aromatic amines is 1. The highest BCUT2D eigenvalue weighted by Crippen LogP contribution is 2.18. The molecule has 0 aliphatic heterocycles. The van der Waals surface area contributed by atoms with Crippen molar-refractivity contribution >= 4 is 16.8 Å². The number of aromatic nitrogens is 1. The van der Waals surface area contributed by atoms with E-state index in [-0.39, 0.29) is 18.7 Å². The number of hydrogen-bond donors (Lipinski definition) is 1. The summed E-state index contributed by atoms with van der Waals surface area (Å²) in [7, 11) is 0. The van der Waals surface area contributed by atoms with Crippen LogP contribution < -0.4 is 5.56 Å². The minimum atomic E-state index is -0.484. The highest BCUT2D eigenvalue weighted by atomic mass is 19.1. The van der Waals surface area contributed by atoms with Gasteiger partial charge in [0, 0.05) is 29.1 Å². The number of amides is 1. The van der Waals surface area contributed by atoms with Crippen LogP contribution in [0.2, 0.25) is 0 Å². The maximum atomic E-state index is 13.7. The Labute approximate surface area is 156 Å². The number of H-pyrrole nitrogens is 1. The number of pyridine rings is 1. The van der Waals surface area contributed by atoms with Crippen LogP contribution in [0.4, 0.5) is 4.39 Å². The Bertz CT molecular complexity index is 1110. The van der Waals surface area contributed by atoms with Crippen molar-refractivity contribution in [3.8, 4) is 11.8 Å². The normalized spacial score (nSPS) is 10.1. The number of nitrogens with zero attached hydrogens (tertiary/aromatic N) is 1. The topological polar surface area (TPSA) is 53.2 Å². The maximum Gasteiger partial charge on any atom is 0.255 e. The van der Waals surface area contributed by atoms with E-state index < -0.39 is 17.3 Å². The molecular formula is C22H17FN2O2. The number of hydrogen-bond acceptors (Lipinski definition) is 2. The molecular weight excluding hydrogens is 343 g/mol. The molecule has 0 fully saturated rings. The molecule has 2 aromatic carbocycles. The quantitative estimate of drug-likeness (QED) is 0.573. The van der Waals surface area contributed by atoms with Crippen molar-refractivity contribution < 1.29 is 9.18 Å². The van der Waals surface area contributed by atoms with Gasteiger partial charge in [0.1, 0.15) is 5.82 Å². The van der Waals surface area contributed by atoms with E-state index >= 15 is 0 Å². The van der Waals surface area contributed by atoms with E-state index in [1.807, 2.05) is 30.3 Å². The molecule has 0 aliphatic carbocycles. The molecule has 0 bridgehead atoms. The second-order valence-corrected chi connectivity index (χ2v) is 5.88.